The number of hydrogen-bond donors (Lipinski definition) is 0. The van der Waals surface area contributed by atoms with Crippen LogP contribution in [-0.4, -0.2) is 11.4 Å². The molecule has 4 nitrogen and oxygen atoms in total. The standard InChI is InChI=1S/C22H18N2O2S2/c1-15-4-2-5-17(10-15)23-22-24(18(13-28-22)21-6-3-9-27-21)12-16-7-8-19-20(11-16)26-14-25-19/h2-11,13H,12,14H2,1H3. The fraction of sp³-hybridized carbons (Fsp3) is 0.136. The molecule has 3 heterocycles. The van der Waals surface area contributed by atoms with Crippen molar-refractivity contribution in [2.45, 2.75) is 13.5 Å². The molecule has 2 aromatic heterocycles. The van der Waals surface area contributed by atoms with Gasteiger partial charge >= 0.3 is 0 Å². The minimum atomic E-state index is 0.290. The van der Waals surface area contributed by atoms with E-state index in [1.165, 1.54) is 16.1 Å². The van der Waals surface area contributed by atoms with Crippen molar-refractivity contribution in [1.82, 2.24) is 4.57 Å². The number of ether oxygens (including phenoxy) is 2. The molecule has 0 unspecified atom stereocenters. The summed E-state index contributed by atoms with van der Waals surface area (Å²) in [5.74, 6) is 1.62. The summed E-state index contributed by atoms with van der Waals surface area (Å²) in [6, 6.07) is 18.6. The van der Waals surface area contributed by atoms with Crippen LogP contribution < -0.4 is 14.3 Å². The number of nitrogens with zero attached hydrogens (tertiary/aromatic N) is 2. The molecule has 2 aromatic carbocycles. The second-order valence-electron chi connectivity index (χ2n) is 6.61. The van der Waals surface area contributed by atoms with Gasteiger partial charge < -0.3 is 14.0 Å². The molecule has 0 spiro atoms. The van der Waals surface area contributed by atoms with E-state index in [1.54, 1.807) is 22.7 Å². The molecule has 0 aliphatic carbocycles. The number of rotatable bonds is 4. The molecule has 140 valence electrons. The van der Waals surface area contributed by atoms with Crippen LogP contribution >= 0.6 is 22.7 Å². The van der Waals surface area contributed by atoms with Crippen molar-refractivity contribution in [3.63, 3.8) is 0 Å². The average Bonchev–Trinajstić information content (AvgIpc) is 3.43. The summed E-state index contributed by atoms with van der Waals surface area (Å²) in [5.41, 5.74) is 4.52. The molecule has 6 heteroatoms. The van der Waals surface area contributed by atoms with E-state index in [2.05, 4.69) is 58.6 Å². The third kappa shape index (κ3) is 3.37. The number of thiophene rings is 1. The van der Waals surface area contributed by atoms with Crippen molar-refractivity contribution in [3.8, 4) is 22.1 Å². The Hall–Kier alpha value is -2.83. The van der Waals surface area contributed by atoms with E-state index in [0.29, 0.717) is 6.79 Å². The molecule has 0 atom stereocenters. The number of hydrogen-bond acceptors (Lipinski definition) is 5. The van der Waals surface area contributed by atoms with Crippen molar-refractivity contribution in [2.75, 3.05) is 6.79 Å². The fourth-order valence-corrected chi connectivity index (χ4v) is 4.97. The van der Waals surface area contributed by atoms with Gasteiger partial charge in [-0.1, -0.05) is 24.3 Å². The van der Waals surface area contributed by atoms with Gasteiger partial charge in [0.25, 0.3) is 0 Å². The second-order valence-corrected chi connectivity index (χ2v) is 8.39. The zero-order valence-corrected chi connectivity index (χ0v) is 16.9. The smallest absolute Gasteiger partial charge is 0.231 e. The highest BCUT2D eigenvalue weighted by Gasteiger charge is 2.15. The Morgan fingerprint density at radius 2 is 1.93 bits per heavy atom. The van der Waals surface area contributed by atoms with Crippen LogP contribution in [0, 0.1) is 6.92 Å². The third-order valence-corrected chi connectivity index (χ3v) is 6.33. The van der Waals surface area contributed by atoms with E-state index >= 15 is 0 Å². The van der Waals surface area contributed by atoms with Gasteiger partial charge in [0.15, 0.2) is 16.3 Å². The first-order chi connectivity index (χ1) is 13.8. The normalized spacial score (nSPS) is 13.2. The summed E-state index contributed by atoms with van der Waals surface area (Å²) in [6.07, 6.45) is 0. The second kappa shape index (κ2) is 7.30. The molecular weight excluding hydrogens is 388 g/mol. The van der Waals surface area contributed by atoms with E-state index in [0.717, 1.165) is 34.1 Å². The van der Waals surface area contributed by atoms with E-state index in [9.17, 15) is 0 Å². The van der Waals surface area contributed by atoms with Crippen LogP contribution in [0.2, 0.25) is 0 Å². The molecule has 1 aliphatic heterocycles. The van der Waals surface area contributed by atoms with Gasteiger partial charge in [0.05, 0.1) is 22.8 Å². The molecule has 5 rings (SSSR count). The van der Waals surface area contributed by atoms with Gasteiger partial charge in [-0.25, -0.2) is 4.99 Å². The molecule has 0 N–H and O–H groups in total. The Morgan fingerprint density at radius 3 is 2.79 bits per heavy atom. The van der Waals surface area contributed by atoms with Crippen LogP contribution in [0.4, 0.5) is 5.69 Å². The topological polar surface area (TPSA) is 35.8 Å². The lowest BCUT2D eigenvalue weighted by Gasteiger charge is -2.09. The zero-order chi connectivity index (χ0) is 18.9. The fourth-order valence-electron chi connectivity index (χ4n) is 3.22. The Bertz CT molecular complexity index is 1190. The van der Waals surface area contributed by atoms with Crippen molar-refractivity contribution >= 4 is 28.4 Å². The SMILES string of the molecule is Cc1cccc(N=c2scc(-c3cccs3)n2Cc2ccc3c(c2)OCO3)c1. The Labute approximate surface area is 171 Å². The van der Waals surface area contributed by atoms with Gasteiger partial charge in [0, 0.05) is 5.38 Å². The maximum atomic E-state index is 5.55. The van der Waals surface area contributed by atoms with Crippen LogP contribution in [0.1, 0.15) is 11.1 Å². The monoisotopic (exact) mass is 406 g/mol. The lowest BCUT2D eigenvalue weighted by molar-refractivity contribution is 0.174. The Balaban J connectivity index is 1.61. The molecule has 4 aromatic rings. The summed E-state index contributed by atoms with van der Waals surface area (Å²) in [5, 5.41) is 4.29. The maximum absolute atomic E-state index is 5.55. The minimum absolute atomic E-state index is 0.290. The average molecular weight is 407 g/mol. The number of fused-ring (bicyclic) bond motifs is 1. The molecule has 0 fully saturated rings. The third-order valence-electron chi connectivity index (χ3n) is 4.58. The largest absolute Gasteiger partial charge is 0.454 e. The van der Waals surface area contributed by atoms with E-state index in [4.69, 9.17) is 14.5 Å². The van der Waals surface area contributed by atoms with Gasteiger partial charge in [0.1, 0.15) is 0 Å². The molecule has 0 saturated heterocycles. The lowest BCUT2D eigenvalue weighted by atomic mass is 10.2. The summed E-state index contributed by atoms with van der Waals surface area (Å²) >= 11 is 3.41. The summed E-state index contributed by atoms with van der Waals surface area (Å²) in [6.45, 7) is 3.10. The lowest BCUT2D eigenvalue weighted by Crippen LogP contribution is -2.16. The summed E-state index contributed by atoms with van der Waals surface area (Å²) < 4.78 is 13.3. The van der Waals surface area contributed by atoms with Crippen molar-refractivity contribution < 1.29 is 9.47 Å². The van der Waals surface area contributed by atoms with Crippen LogP contribution in [0.3, 0.4) is 0 Å². The number of benzene rings is 2. The predicted octanol–water partition coefficient (Wildman–Crippen LogP) is 5.60. The molecular formula is C22H18N2O2S2. The number of thiazole rings is 1. The molecule has 28 heavy (non-hydrogen) atoms. The highest BCUT2D eigenvalue weighted by atomic mass is 32.1. The summed E-state index contributed by atoms with van der Waals surface area (Å²) in [4.78, 5) is 7.15. The van der Waals surface area contributed by atoms with Crippen molar-refractivity contribution in [3.05, 3.63) is 81.3 Å². The molecule has 0 amide bonds. The molecule has 0 bridgehead atoms. The van der Waals surface area contributed by atoms with E-state index in [-0.39, 0.29) is 0 Å². The maximum Gasteiger partial charge on any atom is 0.231 e. The summed E-state index contributed by atoms with van der Waals surface area (Å²) in [7, 11) is 0. The van der Waals surface area contributed by atoms with Crippen LogP contribution in [0.5, 0.6) is 11.5 Å². The number of aromatic nitrogens is 1. The first-order valence-corrected chi connectivity index (χ1v) is 10.7. The highest BCUT2D eigenvalue weighted by Crippen LogP contribution is 2.33. The molecule has 1 aliphatic rings. The van der Waals surface area contributed by atoms with Gasteiger partial charge in [0.2, 0.25) is 6.79 Å². The van der Waals surface area contributed by atoms with Crippen LogP contribution in [-0.2, 0) is 6.54 Å². The molecule has 0 radical (unpaired) electrons. The quantitative estimate of drug-likeness (QED) is 0.442. The van der Waals surface area contributed by atoms with E-state index in [1.807, 2.05) is 18.2 Å². The van der Waals surface area contributed by atoms with Gasteiger partial charge in [-0.2, -0.15) is 0 Å². The predicted molar refractivity (Wildman–Crippen MR) is 114 cm³/mol. The zero-order valence-electron chi connectivity index (χ0n) is 15.3. The van der Waals surface area contributed by atoms with Crippen LogP contribution in [0.25, 0.3) is 10.6 Å². The van der Waals surface area contributed by atoms with Crippen molar-refractivity contribution in [1.29, 1.82) is 0 Å². The Morgan fingerprint density at radius 1 is 1.00 bits per heavy atom. The minimum Gasteiger partial charge on any atom is -0.454 e. The van der Waals surface area contributed by atoms with Gasteiger partial charge in [-0.05, 0) is 53.8 Å². The van der Waals surface area contributed by atoms with Crippen LogP contribution in [0.15, 0.2) is 70.3 Å². The molecule has 0 saturated carbocycles. The first-order valence-electron chi connectivity index (χ1n) is 8.98. The first kappa shape index (κ1) is 17.3. The van der Waals surface area contributed by atoms with Gasteiger partial charge in [-0.3, -0.25) is 0 Å². The van der Waals surface area contributed by atoms with Gasteiger partial charge in [-0.15, -0.1) is 22.7 Å². The number of aryl methyl sites for hydroxylation is 1. The van der Waals surface area contributed by atoms with E-state index < -0.39 is 0 Å². The van der Waals surface area contributed by atoms with Crippen molar-refractivity contribution in [2.24, 2.45) is 4.99 Å². The Kier molecular flexibility index (Phi) is 4.50. The highest BCUT2D eigenvalue weighted by molar-refractivity contribution is 7.14.